The van der Waals surface area contributed by atoms with E-state index in [2.05, 4.69) is 17.3 Å². The number of furan rings is 1. The molecule has 2 heterocycles. The first-order chi connectivity index (χ1) is 14.1. The predicted octanol–water partition coefficient (Wildman–Crippen LogP) is 4.52. The van der Waals surface area contributed by atoms with Crippen molar-refractivity contribution in [1.29, 1.82) is 0 Å². The molecule has 1 unspecified atom stereocenters. The number of nitrogen functional groups attached to an aromatic ring is 1. The summed E-state index contributed by atoms with van der Waals surface area (Å²) in [4.78, 5) is 14.7. The van der Waals surface area contributed by atoms with E-state index in [1.165, 1.54) is 0 Å². The van der Waals surface area contributed by atoms with Gasteiger partial charge in [-0.05, 0) is 68.4 Å². The SMILES string of the molecule is CN1CCCC1COC(=O)c1cccc(Nc2ccc(-c3ccoc3)cc2N)c1. The average molecular weight is 391 g/mol. The Morgan fingerprint density at radius 3 is 2.86 bits per heavy atom. The van der Waals surface area contributed by atoms with E-state index in [-0.39, 0.29) is 5.97 Å². The Balaban J connectivity index is 1.43. The summed E-state index contributed by atoms with van der Waals surface area (Å²) in [6.45, 7) is 1.48. The summed E-state index contributed by atoms with van der Waals surface area (Å²) in [5, 5.41) is 3.28. The maximum atomic E-state index is 12.5. The van der Waals surface area contributed by atoms with Crippen LogP contribution in [0.25, 0.3) is 11.1 Å². The van der Waals surface area contributed by atoms with Crippen molar-refractivity contribution in [2.45, 2.75) is 18.9 Å². The molecule has 1 aliphatic rings. The first kappa shape index (κ1) is 19.1. The number of rotatable bonds is 6. The molecule has 0 spiro atoms. The summed E-state index contributed by atoms with van der Waals surface area (Å²) in [7, 11) is 2.07. The average Bonchev–Trinajstić information content (AvgIpc) is 3.40. The molecule has 0 amide bonds. The first-order valence-corrected chi connectivity index (χ1v) is 9.77. The second-order valence-corrected chi connectivity index (χ2v) is 7.39. The number of benzene rings is 2. The standard InChI is InChI=1S/C23H25N3O3/c1-26-10-3-6-20(26)15-29-23(27)17-4-2-5-19(12-17)25-22-8-7-16(13-21(22)24)18-9-11-28-14-18/h2,4-5,7-9,11-14,20,25H,3,6,10,15,24H2,1H3. The molecule has 2 aromatic carbocycles. The summed E-state index contributed by atoms with van der Waals surface area (Å²) < 4.78 is 10.7. The Morgan fingerprint density at radius 1 is 1.24 bits per heavy atom. The minimum Gasteiger partial charge on any atom is -0.472 e. The van der Waals surface area contributed by atoms with Gasteiger partial charge in [0.25, 0.3) is 0 Å². The molecule has 6 nitrogen and oxygen atoms in total. The molecule has 3 N–H and O–H groups in total. The number of hydrogen-bond acceptors (Lipinski definition) is 6. The van der Waals surface area contributed by atoms with Crippen LogP contribution in [0.15, 0.2) is 65.5 Å². The maximum Gasteiger partial charge on any atom is 0.338 e. The topological polar surface area (TPSA) is 80.7 Å². The zero-order valence-electron chi connectivity index (χ0n) is 16.4. The number of likely N-dealkylation sites (N-methyl/N-ethyl adjacent to an activating group) is 1. The maximum absolute atomic E-state index is 12.5. The molecular weight excluding hydrogens is 366 g/mol. The van der Waals surface area contributed by atoms with Crippen molar-refractivity contribution < 1.29 is 13.9 Å². The lowest BCUT2D eigenvalue weighted by atomic mass is 10.1. The minimum absolute atomic E-state index is 0.308. The molecule has 1 aliphatic heterocycles. The minimum atomic E-state index is -0.308. The van der Waals surface area contributed by atoms with Crippen LogP contribution in [-0.2, 0) is 4.74 Å². The van der Waals surface area contributed by atoms with Crippen LogP contribution in [0.3, 0.4) is 0 Å². The van der Waals surface area contributed by atoms with Crippen molar-refractivity contribution in [3.8, 4) is 11.1 Å². The molecule has 29 heavy (non-hydrogen) atoms. The van der Waals surface area contributed by atoms with E-state index in [0.29, 0.717) is 23.9 Å². The van der Waals surface area contributed by atoms with Gasteiger partial charge in [-0.1, -0.05) is 12.1 Å². The number of nitrogens with two attached hydrogens (primary N) is 1. The number of anilines is 3. The molecular formula is C23H25N3O3. The number of hydrogen-bond donors (Lipinski definition) is 2. The van der Waals surface area contributed by atoms with Crippen molar-refractivity contribution >= 4 is 23.0 Å². The van der Waals surface area contributed by atoms with Gasteiger partial charge >= 0.3 is 5.97 Å². The number of esters is 1. The molecule has 1 saturated heterocycles. The van der Waals surface area contributed by atoms with E-state index in [4.69, 9.17) is 14.9 Å². The highest BCUT2D eigenvalue weighted by Gasteiger charge is 2.22. The Kier molecular flexibility index (Phi) is 5.53. The van der Waals surface area contributed by atoms with Gasteiger partial charge in [0.1, 0.15) is 6.61 Å². The van der Waals surface area contributed by atoms with Gasteiger partial charge in [-0.25, -0.2) is 4.79 Å². The van der Waals surface area contributed by atoms with Crippen LogP contribution in [0.2, 0.25) is 0 Å². The fourth-order valence-electron chi connectivity index (χ4n) is 3.61. The number of ether oxygens (including phenoxy) is 1. The molecule has 0 bridgehead atoms. The second kappa shape index (κ2) is 8.41. The highest BCUT2D eigenvalue weighted by Crippen LogP contribution is 2.29. The van der Waals surface area contributed by atoms with E-state index < -0.39 is 0 Å². The van der Waals surface area contributed by atoms with Crippen LogP contribution in [-0.4, -0.2) is 37.1 Å². The van der Waals surface area contributed by atoms with Crippen molar-refractivity contribution in [1.82, 2.24) is 4.90 Å². The van der Waals surface area contributed by atoms with Crippen LogP contribution < -0.4 is 11.1 Å². The third kappa shape index (κ3) is 4.43. The van der Waals surface area contributed by atoms with Crippen molar-refractivity contribution in [2.24, 2.45) is 0 Å². The molecule has 0 aliphatic carbocycles. The quantitative estimate of drug-likeness (QED) is 0.475. The Labute approximate surface area is 170 Å². The number of carbonyl (C=O) groups excluding carboxylic acids is 1. The van der Waals surface area contributed by atoms with E-state index in [1.54, 1.807) is 24.7 Å². The van der Waals surface area contributed by atoms with Crippen LogP contribution >= 0.6 is 0 Å². The van der Waals surface area contributed by atoms with Gasteiger partial charge in [0, 0.05) is 17.3 Å². The van der Waals surface area contributed by atoms with Gasteiger partial charge < -0.3 is 25.1 Å². The fraction of sp³-hybridized carbons (Fsp3) is 0.261. The smallest absolute Gasteiger partial charge is 0.338 e. The van der Waals surface area contributed by atoms with Gasteiger partial charge in [0.2, 0.25) is 0 Å². The first-order valence-electron chi connectivity index (χ1n) is 9.77. The van der Waals surface area contributed by atoms with Crippen molar-refractivity contribution in [3.05, 3.63) is 66.6 Å². The van der Waals surface area contributed by atoms with E-state index >= 15 is 0 Å². The van der Waals surface area contributed by atoms with Gasteiger partial charge in [-0.15, -0.1) is 0 Å². The second-order valence-electron chi connectivity index (χ2n) is 7.39. The molecule has 1 atom stereocenters. The Morgan fingerprint density at radius 2 is 2.14 bits per heavy atom. The predicted molar refractivity (Wildman–Crippen MR) is 114 cm³/mol. The summed E-state index contributed by atoms with van der Waals surface area (Å²) in [6.07, 6.45) is 5.53. The lowest BCUT2D eigenvalue weighted by Crippen LogP contribution is -2.30. The number of nitrogens with one attached hydrogen (secondary N) is 1. The number of nitrogens with zero attached hydrogens (tertiary/aromatic N) is 1. The largest absolute Gasteiger partial charge is 0.472 e. The van der Waals surface area contributed by atoms with Gasteiger partial charge in [-0.2, -0.15) is 0 Å². The lowest BCUT2D eigenvalue weighted by Gasteiger charge is -2.19. The fourth-order valence-corrected chi connectivity index (χ4v) is 3.61. The third-order valence-corrected chi connectivity index (χ3v) is 5.36. The van der Waals surface area contributed by atoms with E-state index in [0.717, 1.165) is 41.9 Å². The van der Waals surface area contributed by atoms with Crippen LogP contribution in [0, 0.1) is 0 Å². The lowest BCUT2D eigenvalue weighted by molar-refractivity contribution is 0.0416. The van der Waals surface area contributed by atoms with Crippen molar-refractivity contribution in [3.63, 3.8) is 0 Å². The van der Waals surface area contributed by atoms with E-state index in [1.807, 2.05) is 36.4 Å². The van der Waals surface area contributed by atoms with Crippen LogP contribution in [0.4, 0.5) is 17.1 Å². The highest BCUT2D eigenvalue weighted by atomic mass is 16.5. The number of carbonyl (C=O) groups is 1. The molecule has 1 aromatic heterocycles. The molecule has 4 rings (SSSR count). The normalized spacial score (nSPS) is 16.7. The monoisotopic (exact) mass is 391 g/mol. The third-order valence-electron chi connectivity index (χ3n) is 5.36. The zero-order chi connectivity index (χ0) is 20.2. The van der Waals surface area contributed by atoms with Crippen LogP contribution in [0.1, 0.15) is 23.2 Å². The van der Waals surface area contributed by atoms with Crippen LogP contribution in [0.5, 0.6) is 0 Å². The van der Waals surface area contributed by atoms with Gasteiger partial charge in [0.05, 0.1) is 29.5 Å². The Hall–Kier alpha value is -3.25. The van der Waals surface area contributed by atoms with Crippen molar-refractivity contribution in [2.75, 3.05) is 31.2 Å². The summed E-state index contributed by atoms with van der Waals surface area (Å²) in [6, 6.07) is 15.2. The molecule has 150 valence electrons. The molecule has 0 saturated carbocycles. The Bertz CT molecular complexity index is 985. The van der Waals surface area contributed by atoms with E-state index in [9.17, 15) is 4.79 Å². The molecule has 1 fully saturated rings. The number of likely N-dealkylation sites (tertiary alicyclic amines) is 1. The van der Waals surface area contributed by atoms with Gasteiger partial charge in [-0.3, -0.25) is 0 Å². The zero-order valence-corrected chi connectivity index (χ0v) is 16.4. The summed E-state index contributed by atoms with van der Waals surface area (Å²) >= 11 is 0. The molecule has 6 heteroatoms. The molecule has 0 radical (unpaired) electrons. The van der Waals surface area contributed by atoms with Gasteiger partial charge in [0.15, 0.2) is 0 Å². The summed E-state index contributed by atoms with van der Waals surface area (Å²) in [5.74, 6) is -0.308. The highest BCUT2D eigenvalue weighted by molar-refractivity contribution is 5.91. The summed E-state index contributed by atoms with van der Waals surface area (Å²) in [5.41, 5.74) is 10.9. The molecule has 3 aromatic rings.